The molecule has 5 atom stereocenters. The number of nitrogens with one attached hydrogen (secondary N) is 3. The van der Waals surface area contributed by atoms with Gasteiger partial charge in [-0.1, -0.05) is 27.7 Å². The number of nitrogens with two attached hydrogens (primary N) is 1. The largest absolute Gasteiger partial charge is 0.480 e. The SMILES string of the molecule is CC(C)CC(NC(=O)C(NC(=O)C(N)C(C)O)C(C)C)C(=O)NC(C)C(=O)O. The fourth-order valence-electron chi connectivity index (χ4n) is 2.34. The number of rotatable bonds is 11. The van der Waals surface area contributed by atoms with Crippen LogP contribution >= 0.6 is 0 Å². The fraction of sp³-hybridized carbons (Fsp3) is 0.778. The number of carboxylic acids is 1. The fourth-order valence-corrected chi connectivity index (χ4v) is 2.34. The van der Waals surface area contributed by atoms with Crippen LogP contribution in [0.4, 0.5) is 0 Å². The maximum absolute atomic E-state index is 12.7. The van der Waals surface area contributed by atoms with E-state index in [9.17, 15) is 24.3 Å². The molecule has 7 N–H and O–H groups in total. The molecule has 0 bridgehead atoms. The molecule has 0 saturated heterocycles. The first-order valence-corrected chi connectivity index (χ1v) is 9.35. The minimum atomic E-state index is -1.19. The lowest BCUT2D eigenvalue weighted by molar-refractivity contribution is -0.142. The highest BCUT2D eigenvalue weighted by atomic mass is 16.4. The molecule has 28 heavy (non-hydrogen) atoms. The molecule has 162 valence electrons. The van der Waals surface area contributed by atoms with Crippen LogP contribution in [0, 0.1) is 11.8 Å². The van der Waals surface area contributed by atoms with Gasteiger partial charge in [0.05, 0.1) is 6.10 Å². The Morgan fingerprint density at radius 2 is 1.39 bits per heavy atom. The minimum absolute atomic E-state index is 0.0481. The maximum Gasteiger partial charge on any atom is 0.325 e. The normalized spacial score (nSPS) is 16.6. The molecule has 0 saturated carbocycles. The number of hydrogen-bond acceptors (Lipinski definition) is 6. The van der Waals surface area contributed by atoms with Crippen LogP contribution in [0.15, 0.2) is 0 Å². The third-order valence-corrected chi connectivity index (χ3v) is 4.14. The van der Waals surface area contributed by atoms with Crippen molar-refractivity contribution in [3.05, 3.63) is 0 Å². The molecule has 5 unspecified atom stereocenters. The van der Waals surface area contributed by atoms with Crippen LogP contribution in [-0.4, -0.2) is 64.2 Å². The summed E-state index contributed by atoms with van der Waals surface area (Å²) in [5, 5.41) is 25.8. The van der Waals surface area contributed by atoms with E-state index in [1.54, 1.807) is 13.8 Å². The number of aliphatic hydroxyl groups excluding tert-OH is 1. The molecule has 0 aliphatic rings. The number of aliphatic carboxylic acids is 1. The lowest BCUT2D eigenvalue weighted by Crippen LogP contribution is -2.59. The number of carbonyl (C=O) groups is 4. The first-order chi connectivity index (χ1) is 12.8. The zero-order valence-electron chi connectivity index (χ0n) is 17.4. The van der Waals surface area contributed by atoms with E-state index in [0.717, 1.165) is 0 Å². The van der Waals surface area contributed by atoms with Crippen molar-refractivity contribution in [2.45, 2.75) is 78.2 Å². The molecule has 0 rings (SSSR count). The summed E-state index contributed by atoms with van der Waals surface area (Å²) in [6, 6.07) is -4.24. The van der Waals surface area contributed by atoms with Gasteiger partial charge >= 0.3 is 5.97 Å². The standard InChI is InChI=1S/C18H34N4O6/c1-8(2)7-12(15(24)20-10(5)18(27)28)21-17(26)14(9(3)4)22-16(25)13(19)11(6)23/h8-14,23H,7,19H2,1-6H3,(H,20,24)(H,21,26)(H,22,25)(H,27,28). The molecule has 10 heteroatoms. The average Bonchev–Trinajstić information content (AvgIpc) is 2.56. The number of hydrogen-bond donors (Lipinski definition) is 6. The molecular formula is C18H34N4O6. The lowest BCUT2D eigenvalue weighted by Gasteiger charge is -2.27. The van der Waals surface area contributed by atoms with E-state index < -0.39 is 54.0 Å². The highest BCUT2D eigenvalue weighted by molar-refractivity contribution is 5.94. The average molecular weight is 402 g/mol. The van der Waals surface area contributed by atoms with Gasteiger partial charge in [-0.15, -0.1) is 0 Å². The minimum Gasteiger partial charge on any atom is -0.480 e. The highest BCUT2D eigenvalue weighted by Gasteiger charge is 2.31. The predicted octanol–water partition coefficient (Wildman–Crippen LogP) is -1.04. The summed E-state index contributed by atoms with van der Waals surface area (Å²) in [6.45, 7) is 9.82. The van der Waals surface area contributed by atoms with Gasteiger partial charge in [0.15, 0.2) is 0 Å². The molecular weight excluding hydrogens is 368 g/mol. The predicted molar refractivity (Wildman–Crippen MR) is 103 cm³/mol. The molecule has 0 aliphatic heterocycles. The lowest BCUT2D eigenvalue weighted by atomic mass is 9.99. The van der Waals surface area contributed by atoms with Gasteiger partial charge < -0.3 is 31.9 Å². The summed E-state index contributed by atoms with van der Waals surface area (Å²) in [5.41, 5.74) is 5.59. The van der Waals surface area contributed by atoms with Crippen molar-refractivity contribution in [1.82, 2.24) is 16.0 Å². The van der Waals surface area contributed by atoms with Gasteiger partial charge in [-0.25, -0.2) is 0 Å². The van der Waals surface area contributed by atoms with E-state index in [1.807, 2.05) is 13.8 Å². The van der Waals surface area contributed by atoms with E-state index in [1.165, 1.54) is 13.8 Å². The third-order valence-electron chi connectivity index (χ3n) is 4.14. The first-order valence-electron chi connectivity index (χ1n) is 9.35. The van der Waals surface area contributed by atoms with Crippen LogP contribution in [0.2, 0.25) is 0 Å². The van der Waals surface area contributed by atoms with Crippen molar-refractivity contribution in [1.29, 1.82) is 0 Å². The van der Waals surface area contributed by atoms with Gasteiger partial charge in [0, 0.05) is 0 Å². The van der Waals surface area contributed by atoms with Crippen LogP contribution in [0.25, 0.3) is 0 Å². The van der Waals surface area contributed by atoms with Gasteiger partial charge in [-0.2, -0.15) is 0 Å². The monoisotopic (exact) mass is 402 g/mol. The van der Waals surface area contributed by atoms with Gasteiger partial charge in [0.1, 0.15) is 24.2 Å². The van der Waals surface area contributed by atoms with Crippen molar-refractivity contribution in [2.75, 3.05) is 0 Å². The van der Waals surface area contributed by atoms with Crippen LogP contribution in [0.5, 0.6) is 0 Å². The van der Waals surface area contributed by atoms with Crippen molar-refractivity contribution in [3.8, 4) is 0 Å². The molecule has 0 spiro atoms. The second kappa shape index (κ2) is 11.6. The Hall–Kier alpha value is -2.20. The number of aliphatic hydroxyl groups is 1. The Morgan fingerprint density at radius 1 is 0.857 bits per heavy atom. The second-order valence-electron chi connectivity index (χ2n) is 7.76. The summed E-state index contributed by atoms with van der Waals surface area (Å²) in [5.74, 6) is -3.36. The van der Waals surface area contributed by atoms with Gasteiger partial charge in [-0.05, 0) is 32.1 Å². The van der Waals surface area contributed by atoms with E-state index in [4.69, 9.17) is 10.8 Å². The van der Waals surface area contributed by atoms with Gasteiger partial charge in [0.25, 0.3) is 0 Å². The molecule has 0 heterocycles. The van der Waals surface area contributed by atoms with E-state index >= 15 is 0 Å². The zero-order chi connectivity index (χ0) is 22.2. The Balaban J connectivity index is 5.29. The van der Waals surface area contributed by atoms with Crippen LogP contribution in [-0.2, 0) is 19.2 Å². The van der Waals surface area contributed by atoms with Crippen molar-refractivity contribution in [3.63, 3.8) is 0 Å². The first kappa shape index (κ1) is 25.8. The number of carboxylic acid groups (broad SMARTS) is 1. The Morgan fingerprint density at radius 3 is 1.79 bits per heavy atom. The zero-order valence-corrected chi connectivity index (χ0v) is 17.4. The van der Waals surface area contributed by atoms with Crippen molar-refractivity contribution in [2.24, 2.45) is 17.6 Å². The maximum atomic E-state index is 12.7. The van der Waals surface area contributed by atoms with Gasteiger partial charge in [-0.3, -0.25) is 19.2 Å². The summed E-state index contributed by atoms with van der Waals surface area (Å²) < 4.78 is 0. The molecule has 0 aromatic carbocycles. The molecule has 0 fully saturated rings. The summed E-state index contributed by atoms with van der Waals surface area (Å²) in [6.07, 6.45) is -0.802. The Labute approximate surface area is 165 Å². The smallest absolute Gasteiger partial charge is 0.325 e. The Kier molecular flexibility index (Phi) is 10.7. The van der Waals surface area contributed by atoms with Gasteiger partial charge in [0.2, 0.25) is 17.7 Å². The molecule has 0 aromatic rings. The number of amides is 3. The topological polar surface area (TPSA) is 171 Å². The molecule has 10 nitrogen and oxygen atoms in total. The second-order valence-corrected chi connectivity index (χ2v) is 7.76. The molecule has 0 radical (unpaired) electrons. The summed E-state index contributed by atoms with van der Waals surface area (Å²) in [4.78, 5) is 48.2. The number of carbonyl (C=O) groups excluding carboxylic acids is 3. The highest BCUT2D eigenvalue weighted by Crippen LogP contribution is 2.09. The van der Waals surface area contributed by atoms with E-state index in [-0.39, 0.29) is 18.3 Å². The quantitative estimate of drug-likeness (QED) is 0.256. The van der Waals surface area contributed by atoms with Crippen LogP contribution < -0.4 is 21.7 Å². The van der Waals surface area contributed by atoms with E-state index in [2.05, 4.69) is 16.0 Å². The molecule has 3 amide bonds. The molecule has 0 aromatic heterocycles. The summed E-state index contributed by atoms with van der Waals surface area (Å²) >= 11 is 0. The Bertz CT molecular complexity index is 564. The molecule has 0 aliphatic carbocycles. The van der Waals surface area contributed by atoms with Crippen LogP contribution in [0.3, 0.4) is 0 Å². The van der Waals surface area contributed by atoms with Crippen molar-refractivity contribution < 1.29 is 29.4 Å². The van der Waals surface area contributed by atoms with E-state index in [0.29, 0.717) is 0 Å². The third kappa shape index (κ3) is 8.66. The summed E-state index contributed by atoms with van der Waals surface area (Å²) in [7, 11) is 0. The van der Waals surface area contributed by atoms with Crippen LogP contribution in [0.1, 0.15) is 48.0 Å². The van der Waals surface area contributed by atoms with Crippen molar-refractivity contribution >= 4 is 23.7 Å².